The predicted octanol–water partition coefficient (Wildman–Crippen LogP) is 3.80. The van der Waals surface area contributed by atoms with E-state index in [2.05, 4.69) is 6.58 Å². The van der Waals surface area contributed by atoms with E-state index in [0.717, 1.165) is 32.1 Å². The Labute approximate surface area is 127 Å². The molecule has 1 N–H and O–H groups in total. The van der Waals surface area contributed by atoms with Crippen molar-refractivity contribution in [1.82, 2.24) is 0 Å². The number of carboxylic acids is 1. The fourth-order valence-electron chi connectivity index (χ4n) is 2.97. The van der Waals surface area contributed by atoms with Gasteiger partial charge in [0.15, 0.2) is 0 Å². The fraction of sp³-hybridized carbons (Fsp3) is 0.765. The highest BCUT2D eigenvalue weighted by atomic mass is 16.5. The van der Waals surface area contributed by atoms with Gasteiger partial charge in [-0.1, -0.05) is 26.8 Å². The van der Waals surface area contributed by atoms with Crippen molar-refractivity contribution in [1.29, 1.82) is 0 Å². The lowest BCUT2D eigenvalue weighted by Gasteiger charge is -2.27. The molecule has 0 spiro atoms. The van der Waals surface area contributed by atoms with Crippen molar-refractivity contribution in [3.8, 4) is 0 Å². The van der Waals surface area contributed by atoms with Crippen molar-refractivity contribution < 1.29 is 19.4 Å². The van der Waals surface area contributed by atoms with Crippen LogP contribution in [0.5, 0.6) is 0 Å². The Kier molecular flexibility index (Phi) is 6.43. The monoisotopic (exact) mass is 296 g/mol. The molecule has 4 nitrogen and oxygen atoms in total. The van der Waals surface area contributed by atoms with Gasteiger partial charge >= 0.3 is 11.9 Å². The Morgan fingerprint density at radius 3 is 2.57 bits per heavy atom. The first kappa shape index (κ1) is 17.7. The van der Waals surface area contributed by atoms with Crippen LogP contribution in [0.3, 0.4) is 0 Å². The highest BCUT2D eigenvalue weighted by Crippen LogP contribution is 2.34. The zero-order chi connectivity index (χ0) is 16.0. The number of hydrogen-bond donors (Lipinski definition) is 1. The van der Waals surface area contributed by atoms with Crippen molar-refractivity contribution in [3.05, 3.63) is 12.7 Å². The van der Waals surface area contributed by atoms with Crippen molar-refractivity contribution in [2.75, 3.05) is 0 Å². The van der Waals surface area contributed by atoms with E-state index in [-0.39, 0.29) is 18.5 Å². The molecule has 120 valence electrons. The molecular formula is C17H28O4. The maximum atomic E-state index is 12.1. The summed E-state index contributed by atoms with van der Waals surface area (Å²) in [7, 11) is 0. The summed E-state index contributed by atoms with van der Waals surface area (Å²) in [5.41, 5.74) is -0.456. The molecule has 4 heteroatoms. The number of aliphatic carboxylic acids is 1. The topological polar surface area (TPSA) is 63.6 Å². The Hall–Kier alpha value is -1.32. The van der Waals surface area contributed by atoms with E-state index in [1.165, 1.54) is 0 Å². The van der Waals surface area contributed by atoms with Crippen LogP contribution >= 0.6 is 0 Å². The maximum absolute atomic E-state index is 12.1. The van der Waals surface area contributed by atoms with Crippen molar-refractivity contribution in [3.63, 3.8) is 0 Å². The lowest BCUT2D eigenvalue weighted by atomic mass is 9.79. The second-order valence-electron chi connectivity index (χ2n) is 7.05. The van der Waals surface area contributed by atoms with Crippen LogP contribution in [0.25, 0.3) is 0 Å². The molecule has 21 heavy (non-hydrogen) atoms. The van der Waals surface area contributed by atoms with Crippen LogP contribution in [0.15, 0.2) is 12.7 Å². The number of carboxylic acid groups (broad SMARTS) is 1. The van der Waals surface area contributed by atoms with Gasteiger partial charge in [0.2, 0.25) is 0 Å². The van der Waals surface area contributed by atoms with E-state index in [4.69, 9.17) is 4.74 Å². The zero-order valence-corrected chi connectivity index (χ0v) is 13.4. The second-order valence-corrected chi connectivity index (χ2v) is 7.05. The number of ether oxygens (including phenoxy) is 1. The van der Waals surface area contributed by atoms with Gasteiger partial charge in [0.05, 0.1) is 12.3 Å². The summed E-state index contributed by atoms with van der Waals surface area (Å²) in [5, 5.41) is 9.27. The van der Waals surface area contributed by atoms with Crippen LogP contribution in [0.4, 0.5) is 0 Å². The van der Waals surface area contributed by atoms with E-state index >= 15 is 0 Å². The minimum absolute atomic E-state index is 0.0492. The van der Waals surface area contributed by atoms with E-state index < -0.39 is 17.3 Å². The Bertz CT molecular complexity index is 381. The maximum Gasteiger partial charge on any atom is 0.307 e. The number of carbonyl (C=O) groups excluding carboxylic acids is 1. The van der Waals surface area contributed by atoms with Crippen LogP contribution < -0.4 is 0 Å². The standard InChI is InChI=1S/C17H28O4/c1-5-6-8-12-9-7-10-14(12)21-15(18)11-13(16(19)20)17(2,3)4/h5,12-14H,1,6-11H2,2-4H3,(H,19,20)/t12-,13-,14-/m1/s1. The molecule has 1 rings (SSSR count). The smallest absolute Gasteiger partial charge is 0.307 e. The summed E-state index contributed by atoms with van der Waals surface area (Å²) >= 11 is 0. The predicted molar refractivity (Wildman–Crippen MR) is 81.8 cm³/mol. The molecule has 1 aliphatic carbocycles. The first-order valence-corrected chi connectivity index (χ1v) is 7.79. The average Bonchev–Trinajstić information content (AvgIpc) is 2.79. The fourth-order valence-corrected chi connectivity index (χ4v) is 2.97. The van der Waals surface area contributed by atoms with Gasteiger partial charge in [0.1, 0.15) is 6.10 Å². The van der Waals surface area contributed by atoms with Crippen LogP contribution in [0.2, 0.25) is 0 Å². The van der Waals surface area contributed by atoms with Crippen LogP contribution in [0.1, 0.15) is 59.3 Å². The SMILES string of the molecule is C=CCC[C@@H]1CCC[C@H]1OC(=O)C[C@H](C(=O)O)C(C)(C)C. The number of esters is 1. The normalized spacial score (nSPS) is 23.6. The van der Waals surface area contributed by atoms with E-state index in [9.17, 15) is 14.7 Å². The Balaban J connectivity index is 2.55. The third-order valence-electron chi connectivity index (χ3n) is 4.33. The molecule has 0 aromatic carbocycles. The first-order chi connectivity index (χ1) is 9.75. The summed E-state index contributed by atoms with van der Waals surface area (Å²) in [6.45, 7) is 9.22. The Morgan fingerprint density at radius 1 is 1.38 bits per heavy atom. The lowest BCUT2D eigenvalue weighted by Crippen LogP contribution is -2.32. The molecule has 3 atom stereocenters. The van der Waals surface area contributed by atoms with Gasteiger partial charge in [-0.15, -0.1) is 6.58 Å². The Morgan fingerprint density at radius 2 is 2.05 bits per heavy atom. The zero-order valence-electron chi connectivity index (χ0n) is 13.4. The van der Waals surface area contributed by atoms with E-state index in [1.54, 1.807) is 0 Å². The quantitative estimate of drug-likeness (QED) is 0.573. The second kappa shape index (κ2) is 7.62. The number of allylic oxidation sites excluding steroid dienone is 1. The largest absolute Gasteiger partial charge is 0.481 e. The molecule has 0 heterocycles. The molecule has 0 radical (unpaired) electrons. The molecular weight excluding hydrogens is 268 g/mol. The third-order valence-corrected chi connectivity index (χ3v) is 4.33. The molecule has 0 aromatic rings. The van der Waals surface area contributed by atoms with Crippen molar-refractivity contribution in [2.24, 2.45) is 17.3 Å². The summed E-state index contributed by atoms with van der Waals surface area (Å²) in [6, 6.07) is 0. The number of carbonyl (C=O) groups is 2. The van der Waals surface area contributed by atoms with Crippen LogP contribution in [-0.2, 0) is 14.3 Å². The molecule has 0 aliphatic heterocycles. The van der Waals surface area contributed by atoms with Crippen LogP contribution in [0, 0.1) is 17.3 Å². The van der Waals surface area contributed by atoms with Gasteiger partial charge < -0.3 is 9.84 Å². The molecule has 0 bridgehead atoms. The van der Waals surface area contributed by atoms with Crippen molar-refractivity contribution in [2.45, 2.75) is 65.4 Å². The molecule has 1 fully saturated rings. The molecule has 0 amide bonds. The molecule has 0 saturated heterocycles. The minimum Gasteiger partial charge on any atom is -0.481 e. The highest BCUT2D eigenvalue weighted by molar-refractivity contribution is 5.79. The van der Waals surface area contributed by atoms with Gasteiger partial charge in [0, 0.05) is 0 Å². The molecule has 1 saturated carbocycles. The summed E-state index contributed by atoms with van der Waals surface area (Å²) in [6.07, 6.45) is 6.74. The van der Waals surface area contributed by atoms with Gasteiger partial charge in [-0.2, -0.15) is 0 Å². The van der Waals surface area contributed by atoms with Gasteiger partial charge in [-0.3, -0.25) is 9.59 Å². The van der Waals surface area contributed by atoms with Gasteiger partial charge in [-0.05, 0) is 43.4 Å². The lowest BCUT2D eigenvalue weighted by molar-refractivity contribution is -0.159. The summed E-state index contributed by atoms with van der Waals surface area (Å²) in [5.74, 6) is -1.63. The highest BCUT2D eigenvalue weighted by Gasteiger charge is 2.36. The molecule has 1 aliphatic rings. The van der Waals surface area contributed by atoms with Crippen LogP contribution in [-0.4, -0.2) is 23.1 Å². The molecule has 0 unspecified atom stereocenters. The summed E-state index contributed by atoms with van der Waals surface area (Å²) in [4.78, 5) is 23.4. The van der Waals surface area contributed by atoms with E-state index in [1.807, 2.05) is 26.8 Å². The van der Waals surface area contributed by atoms with E-state index in [0.29, 0.717) is 5.92 Å². The number of hydrogen-bond acceptors (Lipinski definition) is 3. The molecule has 0 aromatic heterocycles. The minimum atomic E-state index is -0.936. The summed E-state index contributed by atoms with van der Waals surface area (Å²) < 4.78 is 5.56. The van der Waals surface area contributed by atoms with Gasteiger partial charge in [0.25, 0.3) is 0 Å². The average molecular weight is 296 g/mol. The first-order valence-electron chi connectivity index (χ1n) is 7.79. The van der Waals surface area contributed by atoms with Gasteiger partial charge in [-0.25, -0.2) is 0 Å². The third kappa shape index (κ3) is 5.52. The van der Waals surface area contributed by atoms with Crippen molar-refractivity contribution >= 4 is 11.9 Å². The number of rotatable bonds is 7.